The average molecular weight is 438 g/mol. The first-order valence-electron chi connectivity index (χ1n) is 9.99. The highest BCUT2D eigenvalue weighted by Crippen LogP contribution is 2.36. The van der Waals surface area contributed by atoms with Crippen LogP contribution in [0.3, 0.4) is 0 Å². The van der Waals surface area contributed by atoms with Crippen molar-refractivity contribution in [2.24, 2.45) is 0 Å². The lowest BCUT2D eigenvalue weighted by atomic mass is 9.89. The zero-order valence-electron chi connectivity index (χ0n) is 18.5. The van der Waals surface area contributed by atoms with Crippen molar-refractivity contribution in [2.75, 3.05) is 20.8 Å². The van der Waals surface area contributed by atoms with Crippen molar-refractivity contribution in [1.29, 1.82) is 0 Å². The van der Waals surface area contributed by atoms with Crippen LogP contribution in [-0.4, -0.2) is 41.3 Å². The van der Waals surface area contributed by atoms with Crippen molar-refractivity contribution in [3.05, 3.63) is 75.7 Å². The van der Waals surface area contributed by atoms with Gasteiger partial charge in [0.15, 0.2) is 11.5 Å². The van der Waals surface area contributed by atoms with Crippen LogP contribution in [0.25, 0.3) is 5.65 Å². The van der Waals surface area contributed by atoms with Gasteiger partial charge in [0.1, 0.15) is 12.3 Å². The molecule has 2 aromatic heterocycles. The molecule has 0 bridgehead atoms. The summed E-state index contributed by atoms with van der Waals surface area (Å²) >= 11 is 0. The molecular formula is C24H26N2O6. The van der Waals surface area contributed by atoms with E-state index in [9.17, 15) is 14.7 Å². The van der Waals surface area contributed by atoms with Crippen LogP contribution < -0.4 is 15.0 Å². The average Bonchev–Trinajstić information content (AvgIpc) is 2.76. The Morgan fingerprint density at radius 1 is 1.22 bits per heavy atom. The van der Waals surface area contributed by atoms with Crippen LogP contribution in [0.1, 0.15) is 36.0 Å². The van der Waals surface area contributed by atoms with E-state index < -0.39 is 23.3 Å². The fourth-order valence-electron chi connectivity index (χ4n) is 3.40. The van der Waals surface area contributed by atoms with Gasteiger partial charge in [-0.3, -0.25) is 14.0 Å². The number of aryl methyl sites for hydroxylation is 1. The summed E-state index contributed by atoms with van der Waals surface area (Å²) in [4.78, 5) is 29.7. The quantitative estimate of drug-likeness (QED) is 0.425. The Bertz CT molecular complexity index is 1230. The molecule has 0 saturated carbocycles. The molecule has 1 aromatic carbocycles. The lowest BCUT2D eigenvalue weighted by Gasteiger charge is -2.19. The smallest absolute Gasteiger partial charge is 0.306 e. The first kappa shape index (κ1) is 22.9. The number of pyridine rings is 1. The van der Waals surface area contributed by atoms with E-state index >= 15 is 0 Å². The van der Waals surface area contributed by atoms with Gasteiger partial charge in [-0.05, 0) is 54.8 Å². The molecule has 0 saturated heterocycles. The number of rotatable bonds is 8. The molecule has 2 heterocycles. The van der Waals surface area contributed by atoms with Gasteiger partial charge in [0.05, 0.1) is 26.2 Å². The molecule has 1 N–H and O–H groups in total. The van der Waals surface area contributed by atoms with Gasteiger partial charge in [0.25, 0.3) is 5.56 Å². The van der Waals surface area contributed by atoms with Crippen LogP contribution in [-0.2, 0) is 9.53 Å². The molecule has 0 aliphatic carbocycles. The molecule has 8 heteroatoms. The second-order valence-corrected chi connectivity index (χ2v) is 7.58. The van der Waals surface area contributed by atoms with Crippen LogP contribution in [0, 0.1) is 6.92 Å². The first-order valence-corrected chi connectivity index (χ1v) is 9.99. The Balaban J connectivity index is 2.16. The van der Waals surface area contributed by atoms with Gasteiger partial charge in [-0.25, -0.2) is 0 Å². The van der Waals surface area contributed by atoms with E-state index in [1.165, 1.54) is 18.6 Å². The lowest BCUT2D eigenvalue weighted by Crippen LogP contribution is -2.24. The van der Waals surface area contributed by atoms with Crippen LogP contribution in [0.2, 0.25) is 0 Å². The summed E-state index contributed by atoms with van der Waals surface area (Å²) in [5.74, 6) is -0.878. The second-order valence-electron chi connectivity index (χ2n) is 7.58. The number of benzene rings is 1. The molecule has 1 atom stereocenters. The molecule has 0 fully saturated rings. The minimum absolute atomic E-state index is 0.00518. The van der Waals surface area contributed by atoms with Crippen LogP contribution in [0.4, 0.5) is 0 Å². The van der Waals surface area contributed by atoms with E-state index in [-0.39, 0.29) is 12.0 Å². The SMILES string of the molecule is C=C(C)COc1ccc(C(CC(=O)OC)c2c(O)nc3cc(C)ccn3c2=O)cc1OC. The fourth-order valence-corrected chi connectivity index (χ4v) is 3.40. The highest BCUT2D eigenvalue weighted by atomic mass is 16.5. The molecule has 3 aromatic rings. The van der Waals surface area contributed by atoms with Gasteiger partial charge in [-0.1, -0.05) is 12.6 Å². The van der Waals surface area contributed by atoms with E-state index in [0.717, 1.165) is 11.1 Å². The van der Waals surface area contributed by atoms with Gasteiger partial charge in [0.2, 0.25) is 5.88 Å². The van der Waals surface area contributed by atoms with E-state index in [0.29, 0.717) is 29.3 Å². The maximum absolute atomic E-state index is 13.3. The minimum atomic E-state index is -0.815. The van der Waals surface area contributed by atoms with E-state index in [1.807, 2.05) is 13.8 Å². The van der Waals surface area contributed by atoms with Crippen molar-refractivity contribution in [2.45, 2.75) is 26.2 Å². The monoisotopic (exact) mass is 438 g/mol. The zero-order valence-corrected chi connectivity index (χ0v) is 18.5. The fraction of sp³-hybridized carbons (Fsp3) is 0.292. The van der Waals surface area contributed by atoms with E-state index in [1.54, 1.807) is 36.5 Å². The number of hydrogen-bond acceptors (Lipinski definition) is 7. The van der Waals surface area contributed by atoms with Crippen molar-refractivity contribution in [3.63, 3.8) is 0 Å². The lowest BCUT2D eigenvalue weighted by molar-refractivity contribution is -0.140. The van der Waals surface area contributed by atoms with Crippen LogP contribution >= 0.6 is 0 Å². The number of fused-ring (bicyclic) bond motifs is 1. The molecule has 168 valence electrons. The highest BCUT2D eigenvalue weighted by molar-refractivity contribution is 5.71. The number of carbonyl (C=O) groups excluding carboxylic acids is 1. The molecule has 32 heavy (non-hydrogen) atoms. The second kappa shape index (κ2) is 9.55. The van der Waals surface area contributed by atoms with Crippen molar-refractivity contribution < 1.29 is 24.1 Å². The van der Waals surface area contributed by atoms with Crippen molar-refractivity contribution >= 4 is 11.6 Å². The third-order valence-corrected chi connectivity index (χ3v) is 5.01. The Kier molecular flexibility index (Phi) is 6.82. The maximum atomic E-state index is 13.3. The third-order valence-electron chi connectivity index (χ3n) is 5.01. The van der Waals surface area contributed by atoms with E-state index in [4.69, 9.17) is 14.2 Å². The summed E-state index contributed by atoms with van der Waals surface area (Å²) in [5.41, 5.74) is 2.14. The minimum Gasteiger partial charge on any atom is -0.493 e. The molecular weight excluding hydrogens is 412 g/mol. The predicted molar refractivity (Wildman–Crippen MR) is 120 cm³/mol. The summed E-state index contributed by atoms with van der Waals surface area (Å²) in [5, 5.41) is 10.7. The summed E-state index contributed by atoms with van der Waals surface area (Å²) in [6.45, 7) is 7.84. The van der Waals surface area contributed by atoms with Crippen molar-refractivity contribution in [1.82, 2.24) is 9.38 Å². The molecule has 0 aliphatic heterocycles. The Hall–Kier alpha value is -3.81. The topological polar surface area (TPSA) is 99.4 Å². The Morgan fingerprint density at radius 2 is 1.97 bits per heavy atom. The van der Waals surface area contributed by atoms with Gasteiger partial charge >= 0.3 is 5.97 Å². The first-order chi connectivity index (χ1) is 15.2. The number of hydrogen-bond donors (Lipinski definition) is 1. The summed E-state index contributed by atoms with van der Waals surface area (Å²) < 4.78 is 17.3. The highest BCUT2D eigenvalue weighted by Gasteiger charge is 2.28. The molecule has 0 aliphatic rings. The number of ether oxygens (including phenoxy) is 3. The summed E-state index contributed by atoms with van der Waals surface area (Å²) in [6.07, 6.45) is 1.42. The number of carbonyl (C=O) groups is 1. The number of aromatic nitrogens is 2. The molecule has 0 amide bonds. The number of methoxy groups -OCH3 is 2. The molecule has 0 spiro atoms. The zero-order chi connectivity index (χ0) is 23.4. The number of esters is 1. The number of nitrogens with zero attached hydrogens (tertiary/aromatic N) is 2. The molecule has 0 radical (unpaired) electrons. The Morgan fingerprint density at radius 3 is 2.62 bits per heavy atom. The van der Waals surface area contributed by atoms with Gasteiger partial charge < -0.3 is 19.3 Å². The van der Waals surface area contributed by atoms with Gasteiger partial charge in [0, 0.05) is 12.1 Å². The normalized spacial score (nSPS) is 11.8. The molecule has 1 unspecified atom stereocenters. The van der Waals surface area contributed by atoms with Gasteiger partial charge in [-0.2, -0.15) is 4.98 Å². The summed E-state index contributed by atoms with van der Waals surface area (Å²) in [6, 6.07) is 8.53. The molecule has 8 nitrogen and oxygen atoms in total. The Labute approximate surface area is 185 Å². The predicted octanol–water partition coefficient (Wildman–Crippen LogP) is 3.37. The maximum Gasteiger partial charge on any atom is 0.306 e. The summed E-state index contributed by atoms with van der Waals surface area (Å²) in [7, 11) is 2.76. The van der Waals surface area contributed by atoms with Crippen molar-refractivity contribution in [3.8, 4) is 17.4 Å². The van der Waals surface area contributed by atoms with Crippen LogP contribution in [0.5, 0.6) is 17.4 Å². The number of aromatic hydroxyl groups is 1. The van der Waals surface area contributed by atoms with Crippen LogP contribution in [0.15, 0.2) is 53.5 Å². The molecule has 3 rings (SSSR count). The third kappa shape index (κ3) is 4.74. The van der Waals surface area contributed by atoms with Gasteiger partial charge in [-0.15, -0.1) is 0 Å². The largest absolute Gasteiger partial charge is 0.493 e. The van der Waals surface area contributed by atoms with E-state index in [2.05, 4.69) is 11.6 Å². The standard InChI is InChI=1S/C24H26N2O6/c1-14(2)13-32-18-7-6-16(11-19(18)30-4)17(12-21(27)31-5)22-23(28)25-20-10-15(3)8-9-26(20)24(22)29/h6-11,17,28H,1,12-13H2,2-5H3.